The van der Waals surface area contributed by atoms with Crippen molar-refractivity contribution in [2.24, 2.45) is 0 Å². The summed E-state index contributed by atoms with van der Waals surface area (Å²) in [6, 6.07) is 7.26. The van der Waals surface area contributed by atoms with E-state index in [4.69, 9.17) is 5.26 Å². The molecule has 2 heterocycles. The fourth-order valence-corrected chi connectivity index (χ4v) is 5.73. The van der Waals surface area contributed by atoms with Crippen LogP contribution in [0.4, 0.5) is 5.69 Å². The number of nitrogens with zero attached hydrogens (tertiary/aromatic N) is 3. The van der Waals surface area contributed by atoms with E-state index in [2.05, 4.69) is 43.3 Å². The van der Waals surface area contributed by atoms with Gasteiger partial charge in [-0.25, -0.2) is 4.98 Å². The number of nitrogens with one attached hydrogen (secondary N) is 1. The minimum atomic E-state index is -0.139. The predicted octanol–water partition coefficient (Wildman–Crippen LogP) is 4.11. The maximum atomic E-state index is 9.91. The zero-order valence-corrected chi connectivity index (χ0v) is 17.0. The molecule has 1 aliphatic heterocycles. The van der Waals surface area contributed by atoms with Crippen molar-refractivity contribution in [3.63, 3.8) is 0 Å². The lowest BCUT2D eigenvalue weighted by atomic mass is 9.89. The number of halogens is 1. The predicted molar refractivity (Wildman–Crippen MR) is 109 cm³/mol. The van der Waals surface area contributed by atoms with Crippen LogP contribution in [0, 0.1) is 11.3 Å². The molecule has 0 radical (unpaired) electrons. The second-order valence-electron chi connectivity index (χ2n) is 7.35. The molecule has 1 aromatic carbocycles. The number of piperidine rings is 1. The van der Waals surface area contributed by atoms with Gasteiger partial charge in [0, 0.05) is 18.6 Å². The van der Waals surface area contributed by atoms with E-state index in [0.717, 1.165) is 59.1 Å². The Morgan fingerprint density at radius 2 is 2.08 bits per heavy atom. The fourth-order valence-electron chi connectivity index (χ4n) is 4.24. The van der Waals surface area contributed by atoms with Gasteiger partial charge in [0.05, 0.1) is 26.5 Å². The van der Waals surface area contributed by atoms with Gasteiger partial charge in [0.25, 0.3) is 0 Å². The number of nitriles is 1. The van der Waals surface area contributed by atoms with Gasteiger partial charge in [0.2, 0.25) is 0 Å². The summed E-state index contributed by atoms with van der Waals surface area (Å²) in [5, 5.41) is 23.2. The van der Waals surface area contributed by atoms with E-state index in [-0.39, 0.29) is 6.10 Å². The minimum absolute atomic E-state index is 0.139. The van der Waals surface area contributed by atoms with Crippen molar-refractivity contribution in [1.29, 1.82) is 5.26 Å². The van der Waals surface area contributed by atoms with E-state index in [1.165, 1.54) is 24.2 Å². The minimum Gasteiger partial charge on any atom is -0.392 e. The van der Waals surface area contributed by atoms with Crippen LogP contribution in [0.2, 0.25) is 0 Å². The first kappa shape index (κ1) is 18.2. The average Bonchev–Trinajstić information content (AvgIpc) is 3.09. The van der Waals surface area contributed by atoms with E-state index in [1.54, 1.807) is 0 Å². The number of anilines is 1. The average molecular weight is 435 g/mol. The molecule has 7 heteroatoms. The molecule has 1 saturated carbocycles. The first-order chi connectivity index (χ1) is 12.6. The van der Waals surface area contributed by atoms with Crippen molar-refractivity contribution in [3.05, 3.63) is 21.6 Å². The van der Waals surface area contributed by atoms with E-state index in [0.29, 0.717) is 17.1 Å². The molecule has 2 fully saturated rings. The number of hydrogen-bond acceptors (Lipinski definition) is 6. The number of fused-ring (bicyclic) bond motifs is 1. The van der Waals surface area contributed by atoms with E-state index in [1.807, 2.05) is 6.07 Å². The van der Waals surface area contributed by atoms with Gasteiger partial charge in [0.1, 0.15) is 6.07 Å². The third kappa shape index (κ3) is 3.74. The molecule has 1 saturated heterocycles. The van der Waals surface area contributed by atoms with Crippen LogP contribution in [-0.4, -0.2) is 46.3 Å². The number of hydrogen-bond donors (Lipinski definition) is 2. The molecule has 5 nitrogen and oxygen atoms in total. The van der Waals surface area contributed by atoms with Crippen LogP contribution in [0.25, 0.3) is 10.2 Å². The Labute approximate surface area is 166 Å². The lowest BCUT2D eigenvalue weighted by molar-refractivity contribution is 0.0352. The number of aromatic nitrogens is 1. The van der Waals surface area contributed by atoms with Crippen molar-refractivity contribution >= 4 is 43.2 Å². The number of aliphatic hydroxyl groups is 1. The van der Waals surface area contributed by atoms with Gasteiger partial charge < -0.3 is 10.4 Å². The Kier molecular flexibility index (Phi) is 5.46. The molecule has 0 bridgehead atoms. The van der Waals surface area contributed by atoms with E-state index in [9.17, 15) is 5.11 Å². The Balaban J connectivity index is 1.39. The van der Waals surface area contributed by atoms with Crippen LogP contribution < -0.4 is 5.32 Å². The highest BCUT2D eigenvalue weighted by Gasteiger charge is 2.29. The molecular weight excluding hydrogens is 412 g/mol. The second kappa shape index (κ2) is 7.81. The van der Waals surface area contributed by atoms with Crippen molar-refractivity contribution in [3.8, 4) is 6.07 Å². The normalized spacial score (nSPS) is 27.3. The number of thiazole rings is 1. The monoisotopic (exact) mass is 434 g/mol. The summed E-state index contributed by atoms with van der Waals surface area (Å²) in [7, 11) is 0. The molecule has 1 aliphatic carbocycles. The SMILES string of the molecule is N#Cc1nc2ccc(NC3CCC(N4CCC[C@@H](O)C4)CC3)c(Br)c2s1. The molecule has 4 rings (SSSR count). The van der Waals surface area contributed by atoms with Crippen LogP contribution in [0.3, 0.4) is 0 Å². The zero-order chi connectivity index (χ0) is 18.1. The molecule has 2 aromatic rings. The summed E-state index contributed by atoms with van der Waals surface area (Å²) >= 11 is 5.12. The van der Waals surface area contributed by atoms with Crippen LogP contribution in [0.1, 0.15) is 43.5 Å². The molecule has 26 heavy (non-hydrogen) atoms. The second-order valence-corrected chi connectivity index (χ2v) is 9.14. The number of rotatable bonds is 3. The van der Waals surface area contributed by atoms with Crippen molar-refractivity contribution in [2.45, 2.75) is 56.7 Å². The van der Waals surface area contributed by atoms with Gasteiger partial charge in [0.15, 0.2) is 5.01 Å². The topological polar surface area (TPSA) is 72.2 Å². The van der Waals surface area contributed by atoms with Crippen molar-refractivity contribution in [2.75, 3.05) is 18.4 Å². The summed E-state index contributed by atoms with van der Waals surface area (Å²) in [4.78, 5) is 6.81. The van der Waals surface area contributed by atoms with Crippen LogP contribution in [0.5, 0.6) is 0 Å². The summed E-state index contributed by atoms with van der Waals surface area (Å²) < 4.78 is 2.04. The highest BCUT2D eigenvalue weighted by molar-refractivity contribution is 9.10. The third-order valence-corrected chi connectivity index (χ3v) is 7.67. The van der Waals surface area contributed by atoms with Gasteiger partial charge >= 0.3 is 0 Å². The Morgan fingerprint density at radius 3 is 2.81 bits per heavy atom. The largest absolute Gasteiger partial charge is 0.392 e. The zero-order valence-electron chi connectivity index (χ0n) is 14.6. The molecular formula is C19H23BrN4OS. The molecule has 0 unspecified atom stereocenters. The van der Waals surface area contributed by atoms with Gasteiger partial charge in [-0.3, -0.25) is 4.90 Å². The van der Waals surface area contributed by atoms with E-state index >= 15 is 0 Å². The molecule has 1 atom stereocenters. The molecule has 0 spiro atoms. The summed E-state index contributed by atoms with van der Waals surface area (Å²) in [5.74, 6) is 0. The fraction of sp³-hybridized carbons (Fsp3) is 0.579. The van der Waals surface area contributed by atoms with Gasteiger partial charge in [-0.2, -0.15) is 5.26 Å². The number of likely N-dealkylation sites (tertiary alicyclic amines) is 1. The highest BCUT2D eigenvalue weighted by atomic mass is 79.9. The summed E-state index contributed by atoms with van der Waals surface area (Å²) in [6.45, 7) is 1.98. The Morgan fingerprint density at radius 1 is 1.27 bits per heavy atom. The lowest BCUT2D eigenvalue weighted by Gasteiger charge is -2.40. The smallest absolute Gasteiger partial charge is 0.195 e. The van der Waals surface area contributed by atoms with Gasteiger partial charge in [-0.15, -0.1) is 11.3 Å². The number of β-amino-alcohol motifs (C(OH)–C–C–N with tert-alkyl or cyclic N) is 1. The Hall–Kier alpha value is -1.20. The molecule has 138 valence electrons. The highest BCUT2D eigenvalue weighted by Crippen LogP contribution is 2.37. The van der Waals surface area contributed by atoms with Gasteiger partial charge in [-0.1, -0.05) is 0 Å². The summed E-state index contributed by atoms with van der Waals surface area (Å²) in [6.07, 6.45) is 6.59. The quantitative estimate of drug-likeness (QED) is 0.759. The molecule has 2 N–H and O–H groups in total. The van der Waals surface area contributed by atoms with Crippen molar-refractivity contribution < 1.29 is 5.11 Å². The van der Waals surface area contributed by atoms with E-state index < -0.39 is 0 Å². The standard InChI is InChI=1S/C19H23BrN4OS/c20-18-15(7-8-16-19(18)26-17(10-21)23-16)22-12-3-5-13(6-4-12)24-9-1-2-14(25)11-24/h7-8,12-14,22,25H,1-6,9,11H2/t12?,13?,14-/m1/s1. The lowest BCUT2D eigenvalue weighted by Crippen LogP contribution is -2.47. The third-order valence-electron chi connectivity index (χ3n) is 5.59. The molecule has 1 aromatic heterocycles. The first-order valence-electron chi connectivity index (χ1n) is 9.32. The number of benzene rings is 1. The summed E-state index contributed by atoms with van der Waals surface area (Å²) in [5.41, 5.74) is 1.96. The first-order valence-corrected chi connectivity index (χ1v) is 10.9. The van der Waals surface area contributed by atoms with Gasteiger partial charge in [-0.05, 0) is 73.1 Å². The van der Waals surface area contributed by atoms with Crippen LogP contribution in [0.15, 0.2) is 16.6 Å². The van der Waals surface area contributed by atoms with Crippen LogP contribution >= 0.6 is 27.3 Å². The maximum absolute atomic E-state index is 9.91. The van der Waals surface area contributed by atoms with Crippen molar-refractivity contribution in [1.82, 2.24) is 9.88 Å². The maximum Gasteiger partial charge on any atom is 0.195 e. The molecule has 0 amide bonds. The molecule has 2 aliphatic rings. The van der Waals surface area contributed by atoms with Crippen LogP contribution in [-0.2, 0) is 0 Å². The number of aliphatic hydroxyl groups excluding tert-OH is 1. The Bertz CT molecular complexity index is 825.